The number of carbonyl (C=O) groups excluding carboxylic acids is 1. The van der Waals surface area contributed by atoms with Crippen LogP contribution in [-0.2, 0) is 4.79 Å². The summed E-state index contributed by atoms with van der Waals surface area (Å²) >= 11 is -1.27. The summed E-state index contributed by atoms with van der Waals surface area (Å²) in [4.78, 5) is 29.2. The van der Waals surface area contributed by atoms with Crippen LogP contribution in [0.3, 0.4) is 0 Å². The zero-order valence-corrected chi connectivity index (χ0v) is 22.7. The van der Waals surface area contributed by atoms with Crippen LogP contribution in [-0.4, -0.2) is 47.6 Å². The van der Waals surface area contributed by atoms with Gasteiger partial charge in [-0.25, -0.2) is 0 Å². The Morgan fingerprint density at radius 3 is 2.53 bits per heavy atom. The molecule has 7 nitrogen and oxygen atoms in total. The molecule has 172 valence electrons. The number of benzene rings is 2. The Morgan fingerprint density at radius 1 is 1.18 bits per heavy atom. The molecule has 0 saturated heterocycles. The predicted molar refractivity (Wildman–Crippen MR) is 139 cm³/mol. The van der Waals surface area contributed by atoms with Gasteiger partial charge >= 0.3 is 184 Å². The van der Waals surface area contributed by atoms with Crippen LogP contribution < -0.4 is 5.32 Å². The standard InChI is InChI=1S/C25H24N4O3S.Sn/c1-18(16-26)27-17-25(30)28-24-14-11-21(15-23(24)20-7-5-4-6-8-20)19-9-12-22(13-10-19)33(2,3)29(31)32;/h1,7,9-15H,4-6,8H2,2-3H3,(H,28,30);. The van der Waals surface area contributed by atoms with Crippen molar-refractivity contribution in [2.45, 2.75) is 30.6 Å². The van der Waals surface area contributed by atoms with E-state index in [0.717, 1.165) is 53.0 Å². The molecule has 0 aromatic heterocycles. The fraction of sp³-hybridized carbons (Fsp3) is 0.240. The normalized spacial score (nSPS) is 16.1. The third-order valence-corrected chi connectivity index (χ3v) is 11.1. The van der Waals surface area contributed by atoms with Crippen LogP contribution in [0.2, 0.25) is 0 Å². The first-order chi connectivity index (χ1) is 16.3. The van der Waals surface area contributed by atoms with Crippen molar-refractivity contribution >= 4 is 52.3 Å². The molecule has 1 N–H and O–H groups in total. The molecule has 0 fully saturated rings. The Labute approximate surface area is 210 Å². The number of allylic oxidation sites excluding steroid dienone is 3. The van der Waals surface area contributed by atoms with Crippen molar-refractivity contribution in [2.24, 2.45) is 4.99 Å². The Hall–Kier alpha value is -2.90. The molecule has 1 amide bonds. The molecule has 2 radical (unpaired) electrons. The Bertz CT molecular complexity index is 1290. The topological polar surface area (TPSA) is 108 Å². The van der Waals surface area contributed by atoms with Crippen molar-refractivity contribution in [3.8, 4) is 17.2 Å². The summed E-state index contributed by atoms with van der Waals surface area (Å²) in [5.41, 5.74) is 5.24. The molecule has 4 rings (SSSR count). The molecular formula is C25H24N4O3SSn. The summed E-state index contributed by atoms with van der Waals surface area (Å²) in [6.45, 7) is 0. The van der Waals surface area contributed by atoms with Gasteiger partial charge in [-0.1, -0.05) is 0 Å². The van der Waals surface area contributed by atoms with E-state index in [4.69, 9.17) is 5.26 Å². The van der Waals surface area contributed by atoms with Crippen LogP contribution in [0.5, 0.6) is 0 Å². The molecule has 1 heterocycles. The van der Waals surface area contributed by atoms with Crippen LogP contribution in [0.25, 0.3) is 16.7 Å². The second-order valence-corrected chi connectivity index (χ2v) is 14.8. The Morgan fingerprint density at radius 2 is 1.91 bits per heavy atom. The van der Waals surface area contributed by atoms with Gasteiger partial charge in [-0.3, -0.25) is 10.1 Å². The number of nitro groups is 1. The molecule has 9 heteroatoms. The molecule has 2 aromatic rings. The molecule has 1 aliphatic heterocycles. The smallest absolute Gasteiger partial charge is 0.0751 e. The van der Waals surface area contributed by atoms with E-state index in [9.17, 15) is 14.9 Å². The molecule has 0 bridgehead atoms. The van der Waals surface area contributed by atoms with Crippen LogP contribution in [0.1, 0.15) is 31.2 Å². The molecule has 0 atom stereocenters. The number of amides is 1. The Kier molecular flexibility index (Phi) is 7.24. The fourth-order valence-electron chi connectivity index (χ4n) is 3.92. The number of anilines is 1. The van der Waals surface area contributed by atoms with E-state index in [2.05, 4.69) is 22.5 Å². The first-order valence-corrected chi connectivity index (χ1v) is 16.4. The van der Waals surface area contributed by atoms with Gasteiger partial charge in [0.1, 0.15) is 0 Å². The summed E-state index contributed by atoms with van der Waals surface area (Å²) in [6, 6.07) is 15.5. The van der Waals surface area contributed by atoms with Gasteiger partial charge in [0.2, 0.25) is 0 Å². The maximum absolute atomic E-state index is 12.8. The average Bonchev–Trinajstić information content (AvgIpc) is 3.34. The molecule has 2 aromatic carbocycles. The van der Waals surface area contributed by atoms with E-state index in [-0.39, 0.29) is 10.2 Å². The first kappa shape index (κ1) is 24.2. The van der Waals surface area contributed by atoms with E-state index in [1.54, 1.807) is 12.5 Å². The fourth-order valence-corrected chi connectivity index (χ4v) is 7.13. The molecule has 1 aliphatic carbocycles. The zero-order valence-electron chi connectivity index (χ0n) is 19.0. The van der Waals surface area contributed by atoms with Gasteiger partial charge < -0.3 is 0 Å². The summed E-state index contributed by atoms with van der Waals surface area (Å²) in [6.07, 6.45) is 9.82. The van der Waals surface area contributed by atoms with Crippen molar-refractivity contribution in [1.29, 1.82) is 5.26 Å². The number of aliphatic imine (C=N–C) groups is 1. The number of hydrogen-bond donors (Lipinski definition) is 1. The number of nitrogens with one attached hydrogen (secondary N) is 1. The van der Waals surface area contributed by atoms with Crippen LogP contribution >= 0.6 is 10.2 Å². The minimum absolute atomic E-state index is 0.194. The number of carbonyl (C=O) groups is 1. The van der Waals surface area contributed by atoms with Crippen molar-refractivity contribution in [2.75, 3.05) is 17.8 Å². The first-order valence-electron chi connectivity index (χ1n) is 10.9. The van der Waals surface area contributed by atoms with Crippen molar-refractivity contribution < 1.29 is 9.12 Å². The van der Waals surface area contributed by atoms with E-state index in [1.807, 2.05) is 46.6 Å². The van der Waals surface area contributed by atoms with Crippen molar-refractivity contribution in [1.82, 2.24) is 0 Å². The summed E-state index contributed by atoms with van der Waals surface area (Å²) in [5.74, 6) is -0.229. The van der Waals surface area contributed by atoms with Gasteiger partial charge in [0.05, 0.1) is 4.33 Å². The monoisotopic (exact) mass is 580 g/mol. The van der Waals surface area contributed by atoms with Gasteiger partial charge in [0.15, 0.2) is 0 Å². The molecule has 2 aliphatic rings. The number of nitrogens with zero attached hydrogens (tertiary/aromatic N) is 3. The predicted octanol–water partition coefficient (Wildman–Crippen LogP) is 5.35. The average molecular weight is 579 g/mol. The SMILES string of the molecule is CS(C)(c1ccc(-c2ccc(NC(=O)[C]3=NC(C#N)=[CH][Sn]3)c(C3=CCCCC3)c2)cc1)[N+](=O)[O-]. The number of hydrogen-bond acceptors (Lipinski definition) is 5. The van der Waals surface area contributed by atoms with Gasteiger partial charge in [-0.15, -0.1) is 0 Å². The minimum atomic E-state index is -2.10. The maximum atomic E-state index is 12.8. The third-order valence-electron chi connectivity index (χ3n) is 5.95. The maximum Gasteiger partial charge on any atom is 0.0751 e. The van der Waals surface area contributed by atoms with Crippen molar-refractivity contribution in [3.05, 3.63) is 74.0 Å². The van der Waals surface area contributed by atoms with Gasteiger partial charge in [-0.05, 0) is 0 Å². The Balaban J connectivity index is 1.66. The van der Waals surface area contributed by atoms with E-state index in [0.29, 0.717) is 9.42 Å². The van der Waals surface area contributed by atoms with Gasteiger partial charge in [0, 0.05) is 12.5 Å². The molecule has 0 spiro atoms. The van der Waals surface area contributed by atoms with Gasteiger partial charge in [0.25, 0.3) is 0 Å². The zero-order chi connectivity index (χ0) is 24.3. The van der Waals surface area contributed by atoms with E-state index >= 15 is 0 Å². The second kappa shape index (κ2) is 10.2. The van der Waals surface area contributed by atoms with Crippen LogP contribution in [0.4, 0.5) is 5.69 Å². The van der Waals surface area contributed by atoms with E-state index in [1.165, 1.54) is 5.57 Å². The van der Waals surface area contributed by atoms with Crippen molar-refractivity contribution in [3.63, 3.8) is 0 Å². The summed E-state index contributed by atoms with van der Waals surface area (Å²) in [5, 5.41) is 23.5. The third kappa shape index (κ3) is 5.10. The quantitative estimate of drug-likeness (QED) is 0.283. The van der Waals surface area contributed by atoms with Gasteiger partial charge in [-0.2, -0.15) is 0 Å². The van der Waals surface area contributed by atoms with E-state index < -0.39 is 31.4 Å². The number of rotatable bonds is 6. The second-order valence-electron chi connectivity index (χ2n) is 8.46. The summed E-state index contributed by atoms with van der Waals surface area (Å²) in [7, 11) is -2.10. The molecule has 0 unspecified atom stereocenters. The minimum Gasteiger partial charge on any atom is -0.252 e. The molecule has 0 saturated carbocycles. The molecule has 34 heavy (non-hydrogen) atoms. The van der Waals surface area contributed by atoms with Crippen LogP contribution in [0.15, 0.2) is 68.2 Å². The largest absolute Gasteiger partial charge is 0.252 e. The molecular weight excluding hydrogens is 555 g/mol. The summed E-state index contributed by atoms with van der Waals surface area (Å²) < 4.78 is 2.12. The van der Waals surface area contributed by atoms with Crippen LogP contribution in [0, 0.1) is 21.4 Å². The number of nitriles is 1.